The van der Waals surface area contributed by atoms with Crippen molar-refractivity contribution >= 4 is 41.6 Å². The van der Waals surface area contributed by atoms with Crippen LogP contribution in [0.25, 0.3) is 18.2 Å². The Balaban J connectivity index is 0.000000260. The van der Waals surface area contributed by atoms with Crippen LogP contribution in [0.1, 0.15) is 31.2 Å². The van der Waals surface area contributed by atoms with E-state index in [-0.39, 0.29) is 35.3 Å². The van der Waals surface area contributed by atoms with Crippen molar-refractivity contribution in [3.05, 3.63) is 73.4 Å². The number of carbonyl (C=O) groups is 2. The molecule has 0 unspecified atom stereocenters. The fourth-order valence-corrected chi connectivity index (χ4v) is 2.76. The molecule has 0 amide bonds. The minimum Gasteiger partial charge on any atom is -0.462 e. The number of aromatic nitrogens is 6. The molecule has 194 valence electrons. The first-order valence-electron chi connectivity index (χ1n) is 10.5. The molecule has 0 aromatic carbocycles. The quantitative estimate of drug-likeness (QED) is 0.110. The smallest absolute Gasteiger partial charge is 0.342 e. The van der Waals surface area contributed by atoms with Gasteiger partial charge in [-0.2, -0.15) is 0 Å². The van der Waals surface area contributed by atoms with Gasteiger partial charge in [-0.15, -0.1) is 0 Å². The van der Waals surface area contributed by atoms with Crippen LogP contribution >= 0.6 is 0 Å². The van der Waals surface area contributed by atoms with Gasteiger partial charge in [-0.3, -0.25) is 10.2 Å². The van der Waals surface area contributed by atoms with Gasteiger partial charge in [-0.25, -0.2) is 28.9 Å². The summed E-state index contributed by atoms with van der Waals surface area (Å²) in [4.78, 5) is 57.4. The second-order valence-corrected chi connectivity index (χ2v) is 7.11. The zero-order valence-electron chi connectivity index (χ0n) is 20.2. The number of ether oxygens (including phenoxy) is 1. The minimum absolute atomic E-state index is 0.0444. The van der Waals surface area contributed by atoms with Crippen LogP contribution in [-0.4, -0.2) is 57.3 Å². The van der Waals surface area contributed by atoms with E-state index >= 15 is 0 Å². The molecular weight excluding hydrogens is 490 g/mol. The SMILES string of the molecule is CCOC(=O)/C(=C/c1ncc([N+](=O)[O-])n1C)C(C)=O.Cn1c([N+](=O)[O-])cnc1/C=C/c1cc[nH]c(=N)n1. The maximum Gasteiger partial charge on any atom is 0.342 e. The van der Waals surface area contributed by atoms with Gasteiger partial charge in [0, 0.05) is 18.3 Å². The summed E-state index contributed by atoms with van der Waals surface area (Å²) in [6, 6.07) is 1.69. The van der Waals surface area contributed by atoms with Crippen LogP contribution < -0.4 is 5.62 Å². The summed E-state index contributed by atoms with van der Waals surface area (Å²) < 4.78 is 7.27. The summed E-state index contributed by atoms with van der Waals surface area (Å²) in [5.74, 6) is -1.01. The van der Waals surface area contributed by atoms with Crippen LogP contribution in [0.3, 0.4) is 0 Å². The van der Waals surface area contributed by atoms with Gasteiger partial charge in [0.05, 0.1) is 26.4 Å². The van der Waals surface area contributed by atoms with Crippen molar-refractivity contribution in [2.45, 2.75) is 13.8 Å². The minimum atomic E-state index is -0.777. The van der Waals surface area contributed by atoms with Crippen molar-refractivity contribution < 1.29 is 24.2 Å². The van der Waals surface area contributed by atoms with Crippen LogP contribution in [0.15, 0.2) is 30.2 Å². The van der Waals surface area contributed by atoms with E-state index in [1.165, 1.54) is 35.4 Å². The van der Waals surface area contributed by atoms with Crippen molar-refractivity contribution in [3.63, 3.8) is 0 Å². The number of H-pyrrole nitrogens is 1. The molecule has 3 heterocycles. The summed E-state index contributed by atoms with van der Waals surface area (Å²) in [6.07, 6.45) is 8.26. The van der Waals surface area contributed by atoms with Crippen molar-refractivity contribution in [2.24, 2.45) is 14.1 Å². The van der Waals surface area contributed by atoms with Crippen LogP contribution in [-0.2, 0) is 28.4 Å². The second-order valence-electron chi connectivity index (χ2n) is 7.11. The number of Topliss-reactive ketones (excluding diaryl/α,β-unsaturated/α-hetero) is 1. The molecule has 0 bridgehead atoms. The number of aromatic amines is 1. The van der Waals surface area contributed by atoms with Gasteiger partial charge in [-0.05, 0) is 35.8 Å². The number of nitro groups is 2. The Morgan fingerprint density at radius 3 is 2.14 bits per heavy atom. The van der Waals surface area contributed by atoms with E-state index in [2.05, 4.69) is 19.9 Å². The average Bonchev–Trinajstić information content (AvgIpc) is 3.38. The zero-order valence-corrected chi connectivity index (χ0v) is 20.2. The maximum atomic E-state index is 11.6. The van der Waals surface area contributed by atoms with Crippen molar-refractivity contribution in [2.75, 3.05) is 6.61 Å². The number of nitrogens with one attached hydrogen (secondary N) is 2. The molecule has 0 radical (unpaired) electrons. The van der Waals surface area contributed by atoms with Gasteiger partial charge in [0.15, 0.2) is 5.78 Å². The molecule has 3 aromatic rings. The van der Waals surface area contributed by atoms with Gasteiger partial charge < -0.3 is 29.9 Å². The molecule has 0 spiro atoms. The Morgan fingerprint density at radius 1 is 1.08 bits per heavy atom. The largest absolute Gasteiger partial charge is 0.462 e. The molecule has 0 saturated heterocycles. The van der Waals surface area contributed by atoms with Crippen molar-refractivity contribution in [1.82, 2.24) is 29.1 Å². The Hall–Kier alpha value is -5.28. The van der Waals surface area contributed by atoms with E-state index < -0.39 is 21.6 Å². The summed E-state index contributed by atoms with van der Waals surface area (Å²) in [5.41, 5.74) is 0.415. The summed E-state index contributed by atoms with van der Waals surface area (Å²) in [5, 5.41) is 28.6. The van der Waals surface area contributed by atoms with E-state index in [1.807, 2.05) is 0 Å². The zero-order chi connectivity index (χ0) is 27.7. The van der Waals surface area contributed by atoms with E-state index in [4.69, 9.17) is 10.1 Å². The molecule has 0 saturated carbocycles. The molecule has 3 rings (SSSR count). The lowest BCUT2D eigenvalue weighted by atomic mass is 10.1. The van der Waals surface area contributed by atoms with Crippen molar-refractivity contribution in [1.29, 1.82) is 5.41 Å². The lowest BCUT2D eigenvalue weighted by molar-refractivity contribution is -0.391. The van der Waals surface area contributed by atoms with E-state index in [0.29, 0.717) is 11.5 Å². The van der Waals surface area contributed by atoms with Gasteiger partial charge in [0.2, 0.25) is 17.3 Å². The predicted molar refractivity (Wildman–Crippen MR) is 128 cm³/mol. The van der Waals surface area contributed by atoms with Gasteiger partial charge in [0.25, 0.3) is 0 Å². The lowest BCUT2D eigenvalue weighted by Gasteiger charge is -2.02. The molecule has 16 heteroatoms. The van der Waals surface area contributed by atoms with Crippen molar-refractivity contribution in [3.8, 4) is 0 Å². The molecule has 2 N–H and O–H groups in total. The predicted octanol–water partition coefficient (Wildman–Crippen LogP) is 1.57. The molecule has 16 nitrogen and oxygen atoms in total. The van der Waals surface area contributed by atoms with E-state index in [1.54, 1.807) is 38.4 Å². The van der Waals surface area contributed by atoms with Crippen LogP contribution in [0.2, 0.25) is 0 Å². The topological polar surface area (TPSA) is 218 Å². The molecule has 3 aromatic heterocycles. The molecule has 0 aliphatic carbocycles. The normalized spacial score (nSPS) is 11.1. The van der Waals surface area contributed by atoms with Crippen LogP contribution in [0.4, 0.5) is 11.6 Å². The van der Waals surface area contributed by atoms with Crippen LogP contribution in [0, 0.1) is 25.6 Å². The number of ketones is 1. The third kappa shape index (κ3) is 7.35. The fraction of sp³-hybridized carbons (Fsp3) is 0.238. The number of imidazole rings is 2. The summed E-state index contributed by atoms with van der Waals surface area (Å²) >= 11 is 0. The third-order valence-electron chi connectivity index (χ3n) is 4.64. The first kappa shape index (κ1) is 28.0. The monoisotopic (exact) mass is 513 g/mol. The molecule has 0 aliphatic rings. The molecule has 0 atom stereocenters. The number of rotatable bonds is 8. The number of nitrogens with zero attached hydrogens (tertiary/aromatic N) is 7. The number of esters is 1. The molecular formula is C21H23N9O7. The Morgan fingerprint density at radius 2 is 1.65 bits per heavy atom. The average molecular weight is 513 g/mol. The standard InChI is InChI=1S/C11H13N3O5.C10H10N6O2/c1-4-19-11(16)8(7(2)15)5-9-12-6-10(13(9)3)14(17)18;1-15-8(13-6-9(15)16(17)18)3-2-7-4-5-12-10(11)14-7/h5-6H,4H2,1-3H3;2-6H,1H3,(H2,11,12,14)/b8-5+;3-2+. The Kier molecular flexibility index (Phi) is 9.39. The number of carbonyl (C=O) groups excluding carboxylic acids is 2. The van der Waals surface area contributed by atoms with Gasteiger partial charge in [0.1, 0.15) is 18.0 Å². The molecule has 37 heavy (non-hydrogen) atoms. The second kappa shape index (κ2) is 12.4. The number of hydrogen-bond donors (Lipinski definition) is 2. The molecule has 0 fully saturated rings. The molecule has 0 aliphatic heterocycles. The lowest BCUT2D eigenvalue weighted by Crippen LogP contribution is -2.14. The third-order valence-corrected chi connectivity index (χ3v) is 4.64. The summed E-state index contributed by atoms with van der Waals surface area (Å²) in [6.45, 7) is 2.95. The number of hydrogen-bond acceptors (Lipinski definition) is 11. The fourth-order valence-electron chi connectivity index (χ4n) is 2.76. The maximum absolute atomic E-state index is 11.6. The first-order valence-corrected chi connectivity index (χ1v) is 10.5. The highest BCUT2D eigenvalue weighted by Gasteiger charge is 2.21. The highest BCUT2D eigenvalue weighted by Crippen LogP contribution is 2.15. The van der Waals surface area contributed by atoms with Gasteiger partial charge >= 0.3 is 17.6 Å². The summed E-state index contributed by atoms with van der Waals surface area (Å²) in [7, 11) is 2.98. The van der Waals surface area contributed by atoms with E-state index in [0.717, 1.165) is 6.20 Å². The van der Waals surface area contributed by atoms with E-state index in [9.17, 15) is 29.8 Å². The van der Waals surface area contributed by atoms with Crippen LogP contribution in [0.5, 0.6) is 0 Å². The first-order chi connectivity index (χ1) is 17.5. The Bertz CT molecular complexity index is 1450. The highest BCUT2D eigenvalue weighted by molar-refractivity contribution is 6.19. The van der Waals surface area contributed by atoms with Gasteiger partial charge in [-0.1, -0.05) is 0 Å². The Labute approximate surface area is 208 Å². The highest BCUT2D eigenvalue weighted by atomic mass is 16.6.